The molecule has 1 aliphatic rings. The fourth-order valence-electron chi connectivity index (χ4n) is 2.77. The van der Waals surface area contributed by atoms with Crippen LogP contribution >= 0.6 is 0 Å². The van der Waals surface area contributed by atoms with Gasteiger partial charge in [0.25, 0.3) is 5.91 Å². The van der Waals surface area contributed by atoms with E-state index in [1.807, 2.05) is 12.1 Å². The van der Waals surface area contributed by atoms with Crippen molar-refractivity contribution in [3.8, 4) is 0 Å². The van der Waals surface area contributed by atoms with E-state index >= 15 is 0 Å². The van der Waals surface area contributed by atoms with Crippen molar-refractivity contribution in [2.45, 2.75) is 18.9 Å². The molecule has 0 unspecified atom stereocenters. The summed E-state index contributed by atoms with van der Waals surface area (Å²) >= 11 is 0. The van der Waals surface area contributed by atoms with Crippen LogP contribution < -0.4 is 5.32 Å². The smallest absolute Gasteiger partial charge is 0.331 e. The van der Waals surface area contributed by atoms with Gasteiger partial charge < -0.3 is 14.5 Å². The number of ether oxygens (including phenoxy) is 1. The Morgan fingerprint density at radius 3 is 2.85 bits per heavy atom. The topological polar surface area (TPSA) is 116 Å². The zero-order valence-electron chi connectivity index (χ0n) is 14.1. The highest BCUT2D eigenvalue weighted by atomic mass is 32.2. The number of fused-ring (bicyclic) bond motifs is 1. The van der Waals surface area contributed by atoms with Gasteiger partial charge in [0.15, 0.2) is 22.0 Å². The highest BCUT2D eigenvalue weighted by Gasteiger charge is 2.39. The van der Waals surface area contributed by atoms with Crippen molar-refractivity contribution in [2.75, 3.05) is 18.1 Å². The van der Waals surface area contributed by atoms with Gasteiger partial charge in [-0.2, -0.15) is 0 Å². The van der Waals surface area contributed by atoms with Crippen molar-refractivity contribution in [3.05, 3.63) is 36.2 Å². The molecule has 1 aromatic heterocycles. The fraction of sp³-hybridized carbons (Fsp3) is 0.353. The molecule has 9 heteroatoms. The normalized spacial score (nSPS) is 21.9. The van der Waals surface area contributed by atoms with Crippen LogP contribution in [0.25, 0.3) is 17.2 Å². The number of carbonyl (C=O) groups excluding carboxylic acids is 2. The van der Waals surface area contributed by atoms with Crippen LogP contribution in [0.1, 0.15) is 19.2 Å². The maximum Gasteiger partial charge on any atom is 0.331 e. The lowest BCUT2D eigenvalue weighted by Crippen LogP contribution is -2.48. The molecule has 1 saturated heterocycles. The van der Waals surface area contributed by atoms with Gasteiger partial charge in [0.1, 0.15) is 5.52 Å². The number of esters is 1. The lowest BCUT2D eigenvalue weighted by molar-refractivity contribution is -0.144. The van der Waals surface area contributed by atoms with Crippen molar-refractivity contribution in [1.82, 2.24) is 10.3 Å². The molecule has 0 spiro atoms. The molecule has 8 nitrogen and oxygen atoms in total. The van der Waals surface area contributed by atoms with E-state index in [9.17, 15) is 18.0 Å². The van der Waals surface area contributed by atoms with E-state index in [2.05, 4.69) is 10.3 Å². The molecule has 2 heterocycles. The standard InChI is InChI=1S/C17H18N2O6S/c1-17(8-9-26(22,23)11-17)19-14(20)10-24-16(21)7-6-15-18-12-4-2-3-5-13(12)25-15/h2-7H,8-11H2,1H3,(H,19,20)/b7-6+/t17-/m1/s1. The van der Waals surface area contributed by atoms with Crippen molar-refractivity contribution in [2.24, 2.45) is 0 Å². The molecule has 0 bridgehead atoms. The van der Waals surface area contributed by atoms with Crippen LogP contribution in [0.3, 0.4) is 0 Å². The summed E-state index contributed by atoms with van der Waals surface area (Å²) in [5, 5.41) is 2.61. The minimum Gasteiger partial charge on any atom is -0.452 e. The summed E-state index contributed by atoms with van der Waals surface area (Å²) in [6.07, 6.45) is 2.80. The second kappa shape index (κ2) is 6.91. The van der Waals surface area contributed by atoms with Crippen LogP contribution in [0.5, 0.6) is 0 Å². The summed E-state index contributed by atoms with van der Waals surface area (Å²) < 4.78 is 33.3. The van der Waals surface area contributed by atoms with E-state index in [1.165, 1.54) is 6.08 Å². The van der Waals surface area contributed by atoms with Gasteiger partial charge in [-0.15, -0.1) is 0 Å². The molecule has 1 fully saturated rings. The number of rotatable bonds is 5. The number of oxazole rings is 1. The first-order chi connectivity index (χ1) is 12.2. The third kappa shape index (κ3) is 4.48. The average molecular weight is 378 g/mol. The van der Waals surface area contributed by atoms with Crippen LogP contribution in [0.2, 0.25) is 0 Å². The minimum atomic E-state index is -3.13. The number of hydrogen-bond donors (Lipinski definition) is 1. The lowest BCUT2D eigenvalue weighted by Gasteiger charge is -2.23. The number of para-hydroxylation sites is 2. The first-order valence-corrected chi connectivity index (χ1v) is 9.79. The fourth-order valence-corrected chi connectivity index (χ4v) is 4.86. The first kappa shape index (κ1) is 18.1. The molecule has 138 valence electrons. The summed E-state index contributed by atoms with van der Waals surface area (Å²) in [7, 11) is -3.13. The Hall–Kier alpha value is -2.68. The lowest BCUT2D eigenvalue weighted by atomic mass is 10.0. The van der Waals surface area contributed by atoms with E-state index in [0.29, 0.717) is 17.5 Å². The van der Waals surface area contributed by atoms with Gasteiger partial charge in [-0.3, -0.25) is 4.79 Å². The average Bonchev–Trinajstić information content (AvgIpc) is 3.10. The van der Waals surface area contributed by atoms with E-state index in [-0.39, 0.29) is 17.4 Å². The number of nitrogens with zero attached hydrogens (tertiary/aromatic N) is 1. The number of hydrogen-bond acceptors (Lipinski definition) is 7. The second-order valence-corrected chi connectivity index (χ2v) is 8.60. The van der Waals surface area contributed by atoms with Gasteiger partial charge in [0.05, 0.1) is 17.0 Å². The Morgan fingerprint density at radius 1 is 1.38 bits per heavy atom. The Bertz CT molecular complexity index is 945. The second-order valence-electron chi connectivity index (χ2n) is 6.41. The largest absolute Gasteiger partial charge is 0.452 e. The predicted molar refractivity (Wildman–Crippen MR) is 93.8 cm³/mol. The molecular weight excluding hydrogens is 360 g/mol. The summed E-state index contributed by atoms with van der Waals surface area (Å²) in [6.45, 7) is 1.16. The van der Waals surface area contributed by atoms with Crippen LogP contribution in [0.4, 0.5) is 0 Å². The number of sulfone groups is 1. The SMILES string of the molecule is C[C@@]1(NC(=O)COC(=O)/C=C/c2nc3ccccc3o2)CCS(=O)(=O)C1. The Labute approximate surface area is 150 Å². The van der Waals surface area contributed by atoms with E-state index in [0.717, 1.165) is 6.08 Å². The van der Waals surface area contributed by atoms with Gasteiger partial charge in [-0.05, 0) is 25.5 Å². The summed E-state index contributed by atoms with van der Waals surface area (Å²) in [5.74, 6) is -1.11. The monoisotopic (exact) mass is 378 g/mol. The van der Waals surface area contributed by atoms with Crippen LogP contribution in [-0.2, 0) is 24.2 Å². The third-order valence-corrected chi connectivity index (χ3v) is 5.87. The number of carbonyl (C=O) groups is 2. The van der Waals surface area contributed by atoms with Crippen LogP contribution in [-0.4, -0.2) is 48.9 Å². The zero-order valence-corrected chi connectivity index (χ0v) is 14.9. The van der Waals surface area contributed by atoms with Crippen molar-refractivity contribution >= 4 is 38.9 Å². The predicted octanol–water partition coefficient (Wildman–Crippen LogP) is 1.08. The highest BCUT2D eigenvalue weighted by molar-refractivity contribution is 7.91. The Balaban J connectivity index is 1.50. The molecule has 1 N–H and O–H groups in total. The third-order valence-electron chi connectivity index (χ3n) is 3.96. The minimum absolute atomic E-state index is 0.0385. The molecule has 0 saturated carbocycles. The molecular formula is C17H18N2O6S. The molecule has 26 heavy (non-hydrogen) atoms. The van der Waals surface area contributed by atoms with Crippen LogP contribution in [0, 0.1) is 0 Å². The van der Waals surface area contributed by atoms with Gasteiger partial charge in [0.2, 0.25) is 5.89 Å². The van der Waals surface area contributed by atoms with Crippen LogP contribution in [0.15, 0.2) is 34.8 Å². The quantitative estimate of drug-likeness (QED) is 0.611. The van der Waals surface area contributed by atoms with Crippen molar-refractivity contribution < 1.29 is 27.2 Å². The molecule has 0 aliphatic carbocycles. The van der Waals surface area contributed by atoms with Crippen molar-refractivity contribution in [3.63, 3.8) is 0 Å². The van der Waals surface area contributed by atoms with E-state index in [4.69, 9.17) is 9.15 Å². The number of benzene rings is 1. The maximum absolute atomic E-state index is 11.9. The maximum atomic E-state index is 11.9. The van der Waals surface area contributed by atoms with Gasteiger partial charge in [-0.25, -0.2) is 18.2 Å². The van der Waals surface area contributed by atoms with E-state index in [1.54, 1.807) is 19.1 Å². The molecule has 1 aromatic carbocycles. The number of nitrogens with one attached hydrogen (secondary N) is 1. The molecule has 1 aliphatic heterocycles. The molecule has 1 amide bonds. The van der Waals surface area contributed by atoms with E-state index < -0.39 is 33.9 Å². The highest BCUT2D eigenvalue weighted by Crippen LogP contribution is 2.22. The summed E-state index contributed by atoms with van der Waals surface area (Å²) in [6, 6.07) is 7.17. The Morgan fingerprint density at radius 2 is 2.15 bits per heavy atom. The van der Waals surface area contributed by atoms with Crippen molar-refractivity contribution in [1.29, 1.82) is 0 Å². The zero-order chi connectivity index (χ0) is 18.8. The molecule has 1 atom stereocenters. The first-order valence-electron chi connectivity index (χ1n) is 7.97. The summed E-state index contributed by atoms with van der Waals surface area (Å²) in [4.78, 5) is 27.7. The molecule has 3 rings (SSSR count). The summed E-state index contributed by atoms with van der Waals surface area (Å²) in [5.41, 5.74) is 0.440. The molecule has 0 radical (unpaired) electrons. The number of aromatic nitrogens is 1. The Kier molecular flexibility index (Phi) is 4.82. The van der Waals surface area contributed by atoms with Gasteiger partial charge >= 0.3 is 5.97 Å². The van der Waals surface area contributed by atoms with Gasteiger partial charge in [-0.1, -0.05) is 12.1 Å². The number of amides is 1. The molecule has 2 aromatic rings. The van der Waals surface area contributed by atoms with Gasteiger partial charge in [0, 0.05) is 12.2 Å².